The topological polar surface area (TPSA) is 71.5 Å². The van der Waals surface area contributed by atoms with Crippen molar-refractivity contribution in [1.29, 1.82) is 0 Å². The number of ether oxygens (including phenoxy) is 1. The van der Waals surface area contributed by atoms with E-state index in [-0.39, 0.29) is 22.9 Å². The minimum atomic E-state index is -0.337. The number of hydrogen-bond acceptors (Lipinski definition) is 6. The fourth-order valence-corrected chi connectivity index (χ4v) is 3.01. The highest BCUT2D eigenvalue weighted by Gasteiger charge is 2.31. The number of anilines is 1. The zero-order chi connectivity index (χ0) is 19.1. The van der Waals surface area contributed by atoms with Crippen LogP contribution in [0.2, 0.25) is 10.2 Å². The molecular weight excluding hydrogens is 377 g/mol. The van der Waals surface area contributed by atoms with Crippen molar-refractivity contribution >= 4 is 46.3 Å². The highest BCUT2D eigenvalue weighted by atomic mass is 35.5. The number of pyridine rings is 1. The van der Waals surface area contributed by atoms with Crippen molar-refractivity contribution in [2.24, 2.45) is 0 Å². The van der Waals surface area contributed by atoms with Gasteiger partial charge >= 0.3 is 6.09 Å². The number of amides is 1. The number of rotatable bonds is 2. The summed E-state index contributed by atoms with van der Waals surface area (Å²) in [6.45, 7) is 7.05. The zero-order valence-electron chi connectivity index (χ0n) is 15.2. The average molecular weight is 398 g/mol. The van der Waals surface area contributed by atoms with Gasteiger partial charge in [0.15, 0.2) is 16.6 Å². The Morgan fingerprint density at radius 3 is 2.77 bits per heavy atom. The lowest BCUT2D eigenvalue weighted by Gasteiger charge is -2.32. The molecule has 1 aliphatic rings. The van der Waals surface area contributed by atoms with Crippen LogP contribution in [0.1, 0.15) is 27.2 Å². The van der Waals surface area contributed by atoms with E-state index in [0.717, 1.165) is 0 Å². The summed E-state index contributed by atoms with van der Waals surface area (Å²) < 4.78 is 5.62. The molecule has 0 unspecified atom stereocenters. The average Bonchev–Trinajstić information content (AvgIpc) is 3.00. The standard InChI is InChI=1S/C17H21Cl2N5O2/c1-17(2,3)23(4)16(25)26-11-5-6-24(9-11)15-13(19)21-12-7-10(18)8-20-14(12)22-15/h7-8,11H,5-6,9H2,1-4H3/t11-/m1/s1. The number of aromatic nitrogens is 3. The number of hydrogen-bond donors (Lipinski definition) is 0. The summed E-state index contributed by atoms with van der Waals surface area (Å²) in [7, 11) is 1.73. The van der Waals surface area contributed by atoms with Gasteiger partial charge in [-0.3, -0.25) is 0 Å². The lowest BCUT2D eigenvalue weighted by Crippen LogP contribution is -2.44. The van der Waals surface area contributed by atoms with Gasteiger partial charge in [-0.05, 0) is 26.8 Å². The molecule has 0 radical (unpaired) electrons. The fraction of sp³-hybridized carbons (Fsp3) is 0.529. The van der Waals surface area contributed by atoms with Crippen molar-refractivity contribution in [3.63, 3.8) is 0 Å². The van der Waals surface area contributed by atoms with Crippen LogP contribution in [0.25, 0.3) is 11.2 Å². The summed E-state index contributed by atoms with van der Waals surface area (Å²) in [4.78, 5) is 28.8. The molecule has 0 aliphatic carbocycles. The van der Waals surface area contributed by atoms with E-state index in [2.05, 4.69) is 15.0 Å². The van der Waals surface area contributed by atoms with Gasteiger partial charge in [0.2, 0.25) is 0 Å². The SMILES string of the molecule is CN(C(=O)O[C@@H]1CCN(c2nc3ncc(Cl)cc3nc2Cl)C1)C(C)(C)C. The van der Waals surface area contributed by atoms with Gasteiger partial charge in [0, 0.05) is 31.7 Å². The molecule has 1 fully saturated rings. The monoisotopic (exact) mass is 397 g/mol. The van der Waals surface area contributed by atoms with Gasteiger partial charge in [0.1, 0.15) is 11.6 Å². The molecule has 3 heterocycles. The summed E-state index contributed by atoms with van der Waals surface area (Å²) >= 11 is 12.2. The normalized spacial score (nSPS) is 17.6. The van der Waals surface area contributed by atoms with E-state index in [1.165, 1.54) is 6.20 Å². The second-order valence-electron chi connectivity index (χ2n) is 7.30. The van der Waals surface area contributed by atoms with E-state index in [9.17, 15) is 4.79 Å². The van der Waals surface area contributed by atoms with E-state index < -0.39 is 0 Å². The first-order chi connectivity index (χ1) is 12.1. The lowest BCUT2D eigenvalue weighted by atomic mass is 10.1. The number of halogens is 2. The van der Waals surface area contributed by atoms with Crippen LogP contribution in [0.4, 0.5) is 10.6 Å². The van der Waals surface area contributed by atoms with Crippen molar-refractivity contribution in [2.75, 3.05) is 25.0 Å². The van der Waals surface area contributed by atoms with Gasteiger partial charge < -0.3 is 14.5 Å². The Labute approximate surface area is 162 Å². The molecular formula is C17H21Cl2N5O2. The molecule has 7 nitrogen and oxygen atoms in total. The van der Waals surface area contributed by atoms with Crippen molar-refractivity contribution in [3.05, 3.63) is 22.4 Å². The summed E-state index contributed by atoms with van der Waals surface area (Å²) in [6.07, 6.45) is 1.66. The van der Waals surface area contributed by atoms with E-state index in [1.807, 2.05) is 25.7 Å². The molecule has 0 spiro atoms. The second kappa shape index (κ2) is 7.04. The van der Waals surface area contributed by atoms with Gasteiger partial charge in [0.05, 0.1) is 11.6 Å². The van der Waals surface area contributed by atoms with Crippen molar-refractivity contribution in [3.8, 4) is 0 Å². The predicted octanol–water partition coefficient (Wildman–Crippen LogP) is 3.78. The predicted molar refractivity (Wildman–Crippen MR) is 102 cm³/mol. The van der Waals surface area contributed by atoms with Gasteiger partial charge in [-0.25, -0.2) is 19.7 Å². The van der Waals surface area contributed by atoms with Gasteiger partial charge in [-0.15, -0.1) is 0 Å². The van der Waals surface area contributed by atoms with Crippen LogP contribution < -0.4 is 4.90 Å². The lowest BCUT2D eigenvalue weighted by molar-refractivity contribution is 0.0545. The molecule has 1 atom stereocenters. The molecule has 2 aromatic heterocycles. The summed E-state index contributed by atoms with van der Waals surface area (Å²) in [6, 6.07) is 1.67. The zero-order valence-corrected chi connectivity index (χ0v) is 16.7. The fourth-order valence-electron chi connectivity index (χ4n) is 2.61. The first kappa shape index (κ1) is 18.9. The molecule has 0 saturated carbocycles. The molecule has 1 aliphatic heterocycles. The molecule has 0 N–H and O–H groups in total. The minimum absolute atomic E-state index is 0.223. The van der Waals surface area contributed by atoms with Crippen molar-refractivity contribution in [1.82, 2.24) is 19.9 Å². The van der Waals surface area contributed by atoms with Gasteiger partial charge in [-0.2, -0.15) is 0 Å². The molecule has 1 saturated heterocycles. The highest BCUT2D eigenvalue weighted by molar-refractivity contribution is 6.32. The number of carbonyl (C=O) groups is 1. The summed E-state index contributed by atoms with van der Waals surface area (Å²) in [5.41, 5.74) is 0.719. The molecule has 9 heteroatoms. The Morgan fingerprint density at radius 2 is 2.08 bits per heavy atom. The molecule has 2 aromatic rings. The number of nitrogens with zero attached hydrogens (tertiary/aromatic N) is 5. The van der Waals surface area contributed by atoms with E-state index in [0.29, 0.717) is 41.5 Å². The molecule has 3 rings (SSSR count). The second-order valence-corrected chi connectivity index (χ2v) is 8.10. The van der Waals surface area contributed by atoms with Crippen LogP contribution in [-0.4, -0.2) is 57.7 Å². The summed E-state index contributed by atoms with van der Waals surface area (Å²) in [5.74, 6) is 0.539. The van der Waals surface area contributed by atoms with Crippen LogP contribution in [-0.2, 0) is 4.74 Å². The number of carbonyl (C=O) groups excluding carboxylic acids is 1. The first-order valence-corrected chi connectivity index (χ1v) is 9.09. The molecule has 0 bridgehead atoms. The third-order valence-electron chi connectivity index (χ3n) is 4.42. The third kappa shape index (κ3) is 3.94. The molecule has 1 amide bonds. The van der Waals surface area contributed by atoms with Gasteiger partial charge in [-0.1, -0.05) is 23.2 Å². The van der Waals surface area contributed by atoms with Crippen molar-refractivity contribution < 1.29 is 9.53 Å². The Bertz CT molecular complexity index is 840. The van der Waals surface area contributed by atoms with Crippen LogP contribution >= 0.6 is 23.2 Å². The Balaban J connectivity index is 1.73. The molecule has 140 valence electrons. The van der Waals surface area contributed by atoms with Crippen LogP contribution in [0.15, 0.2) is 12.3 Å². The highest BCUT2D eigenvalue weighted by Crippen LogP contribution is 2.28. The van der Waals surface area contributed by atoms with Crippen LogP contribution in [0.5, 0.6) is 0 Å². The van der Waals surface area contributed by atoms with E-state index in [4.69, 9.17) is 27.9 Å². The van der Waals surface area contributed by atoms with Crippen LogP contribution in [0, 0.1) is 0 Å². The Morgan fingerprint density at radius 1 is 1.35 bits per heavy atom. The third-order valence-corrected chi connectivity index (χ3v) is 4.88. The minimum Gasteiger partial charge on any atom is -0.444 e. The maximum absolute atomic E-state index is 12.3. The largest absolute Gasteiger partial charge is 0.444 e. The first-order valence-electron chi connectivity index (χ1n) is 8.33. The van der Waals surface area contributed by atoms with Crippen molar-refractivity contribution in [2.45, 2.75) is 38.8 Å². The quantitative estimate of drug-likeness (QED) is 0.767. The van der Waals surface area contributed by atoms with E-state index in [1.54, 1.807) is 18.0 Å². The van der Waals surface area contributed by atoms with Gasteiger partial charge in [0.25, 0.3) is 0 Å². The summed E-state index contributed by atoms with van der Waals surface area (Å²) in [5, 5.41) is 0.757. The Kier molecular flexibility index (Phi) is 5.12. The number of fused-ring (bicyclic) bond motifs is 1. The maximum atomic E-state index is 12.3. The van der Waals surface area contributed by atoms with Crippen LogP contribution in [0.3, 0.4) is 0 Å². The molecule has 0 aromatic carbocycles. The van der Waals surface area contributed by atoms with E-state index >= 15 is 0 Å². The Hall–Kier alpha value is -1.86. The smallest absolute Gasteiger partial charge is 0.410 e. The molecule has 26 heavy (non-hydrogen) atoms. The maximum Gasteiger partial charge on any atom is 0.410 e.